The minimum Gasteiger partial charge on any atom is -0.347 e. The molecule has 0 radical (unpaired) electrons. The average Bonchev–Trinajstić information content (AvgIpc) is 3.21. The zero-order valence-electron chi connectivity index (χ0n) is 16.5. The molecule has 5 nitrogen and oxygen atoms in total. The Morgan fingerprint density at radius 2 is 1.83 bits per heavy atom. The van der Waals surface area contributed by atoms with Crippen molar-refractivity contribution in [2.45, 2.75) is 26.4 Å². The molecule has 0 aliphatic heterocycles. The molecule has 3 aromatic rings. The van der Waals surface area contributed by atoms with Gasteiger partial charge in [0, 0.05) is 30.8 Å². The van der Waals surface area contributed by atoms with E-state index in [1.807, 2.05) is 44.2 Å². The second-order valence-corrected chi connectivity index (χ2v) is 8.34. The molecule has 7 heteroatoms. The molecule has 2 amide bonds. The van der Waals surface area contributed by atoms with E-state index in [-0.39, 0.29) is 17.9 Å². The minimum atomic E-state index is -0.194. The molecule has 3 rings (SSSR count). The molecule has 0 atom stereocenters. The Morgan fingerprint density at radius 3 is 2.48 bits per heavy atom. The van der Waals surface area contributed by atoms with Gasteiger partial charge in [-0.2, -0.15) is 0 Å². The van der Waals surface area contributed by atoms with E-state index in [1.54, 1.807) is 36.3 Å². The maximum absolute atomic E-state index is 12.5. The number of nitrogens with zero attached hydrogens (tertiary/aromatic N) is 2. The van der Waals surface area contributed by atoms with Crippen molar-refractivity contribution in [1.82, 2.24) is 15.2 Å². The van der Waals surface area contributed by atoms with E-state index in [0.29, 0.717) is 27.0 Å². The zero-order chi connectivity index (χ0) is 21.0. The van der Waals surface area contributed by atoms with E-state index in [1.165, 1.54) is 11.3 Å². The van der Waals surface area contributed by atoms with Crippen LogP contribution < -0.4 is 5.32 Å². The Morgan fingerprint density at radius 1 is 1.14 bits per heavy atom. The van der Waals surface area contributed by atoms with Crippen LogP contribution in [0.3, 0.4) is 0 Å². The average molecular weight is 428 g/mol. The Labute approximate surface area is 179 Å². The first kappa shape index (κ1) is 21.0. The summed E-state index contributed by atoms with van der Waals surface area (Å²) in [6, 6.07) is 14.8. The molecule has 1 aromatic heterocycles. The topological polar surface area (TPSA) is 62.3 Å². The van der Waals surface area contributed by atoms with Gasteiger partial charge < -0.3 is 10.2 Å². The van der Waals surface area contributed by atoms with Crippen LogP contribution in [0, 0.1) is 0 Å². The Bertz CT molecular complexity index is 1010. The highest BCUT2D eigenvalue weighted by Gasteiger charge is 2.15. The van der Waals surface area contributed by atoms with Crippen LogP contribution >= 0.6 is 22.9 Å². The van der Waals surface area contributed by atoms with Crippen LogP contribution in [0.1, 0.15) is 39.4 Å². The highest BCUT2D eigenvalue weighted by Crippen LogP contribution is 2.30. The van der Waals surface area contributed by atoms with Gasteiger partial charge in [0.2, 0.25) is 0 Å². The van der Waals surface area contributed by atoms with Crippen LogP contribution in [0.15, 0.2) is 54.7 Å². The van der Waals surface area contributed by atoms with Crippen LogP contribution in [0.2, 0.25) is 5.02 Å². The summed E-state index contributed by atoms with van der Waals surface area (Å²) < 4.78 is 0. The number of benzene rings is 2. The fourth-order valence-corrected chi connectivity index (χ4v) is 3.76. The van der Waals surface area contributed by atoms with E-state index >= 15 is 0 Å². The van der Waals surface area contributed by atoms with Crippen LogP contribution in [-0.2, 0) is 6.54 Å². The molecular weight excluding hydrogens is 406 g/mol. The SMILES string of the molecule is CC(C)N(C)C(=O)c1ccc(CNC(=O)c2cnc(-c3ccccc3Cl)s2)cc1. The first-order chi connectivity index (χ1) is 13.9. The summed E-state index contributed by atoms with van der Waals surface area (Å²) in [6.45, 7) is 4.31. The van der Waals surface area contributed by atoms with Crippen LogP contribution in [0.4, 0.5) is 0 Å². The fourth-order valence-electron chi connectivity index (χ4n) is 2.61. The number of rotatable bonds is 6. The van der Waals surface area contributed by atoms with E-state index < -0.39 is 0 Å². The molecule has 0 saturated carbocycles. The third-order valence-electron chi connectivity index (χ3n) is 4.58. The van der Waals surface area contributed by atoms with Crippen molar-refractivity contribution in [3.8, 4) is 10.6 Å². The van der Waals surface area contributed by atoms with Gasteiger partial charge in [-0.25, -0.2) is 4.98 Å². The third-order valence-corrected chi connectivity index (χ3v) is 5.94. The largest absolute Gasteiger partial charge is 0.347 e. The normalized spacial score (nSPS) is 10.8. The molecular formula is C22H22ClN3O2S. The van der Waals surface area contributed by atoms with E-state index in [0.717, 1.165) is 11.1 Å². The van der Waals surface area contributed by atoms with E-state index in [4.69, 9.17) is 11.6 Å². The van der Waals surface area contributed by atoms with Gasteiger partial charge in [0.25, 0.3) is 11.8 Å². The molecule has 1 N–H and O–H groups in total. The number of nitrogens with one attached hydrogen (secondary N) is 1. The van der Waals surface area contributed by atoms with Crippen molar-refractivity contribution in [1.29, 1.82) is 0 Å². The van der Waals surface area contributed by atoms with Crippen LogP contribution in [-0.4, -0.2) is 34.8 Å². The van der Waals surface area contributed by atoms with Gasteiger partial charge in [-0.3, -0.25) is 9.59 Å². The fraction of sp³-hybridized carbons (Fsp3) is 0.227. The van der Waals surface area contributed by atoms with Crippen LogP contribution in [0.25, 0.3) is 10.6 Å². The summed E-state index contributed by atoms with van der Waals surface area (Å²) >= 11 is 7.50. The number of thiazole rings is 1. The predicted molar refractivity (Wildman–Crippen MR) is 117 cm³/mol. The first-order valence-corrected chi connectivity index (χ1v) is 10.4. The van der Waals surface area contributed by atoms with Gasteiger partial charge in [0.05, 0.1) is 11.2 Å². The molecule has 0 aliphatic rings. The molecule has 0 unspecified atom stereocenters. The minimum absolute atomic E-state index is 0.0210. The summed E-state index contributed by atoms with van der Waals surface area (Å²) in [5.74, 6) is -0.215. The molecule has 0 saturated heterocycles. The van der Waals surface area contributed by atoms with Gasteiger partial charge >= 0.3 is 0 Å². The smallest absolute Gasteiger partial charge is 0.263 e. The Balaban J connectivity index is 1.61. The lowest BCUT2D eigenvalue weighted by Crippen LogP contribution is -2.32. The molecule has 0 bridgehead atoms. The zero-order valence-corrected chi connectivity index (χ0v) is 18.1. The quantitative estimate of drug-likeness (QED) is 0.610. The van der Waals surface area contributed by atoms with Gasteiger partial charge in [-0.1, -0.05) is 41.9 Å². The summed E-state index contributed by atoms with van der Waals surface area (Å²) in [5.41, 5.74) is 2.35. The van der Waals surface area contributed by atoms with Crippen LogP contribution in [0.5, 0.6) is 0 Å². The molecule has 2 aromatic carbocycles. The molecule has 0 spiro atoms. The van der Waals surface area contributed by atoms with Crippen molar-refractivity contribution in [3.05, 3.63) is 75.8 Å². The summed E-state index contributed by atoms with van der Waals surface area (Å²) in [6.07, 6.45) is 1.56. The number of carbonyl (C=O) groups excluding carboxylic acids is 2. The van der Waals surface area contributed by atoms with Gasteiger partial charge in [-0.15, -0.1) is 11.3 Å². The molecule has 29 heavy (non-hydrogen) atoms. The van der Waals surface area contributed by atoms with E-state index in [9.17, 15) is 9.59 Å². The number of carbonyl (C=O) groups is 2. The maximum atomic E-state index is 12.5. The lowest BCUT2D eigenvalue weighted by atomic mass is 10.1. The summed E-state index contributed by atoms with van der Waals surface area (Å²) in [7, 11) is 1.78. The lowest BCUT2D eigenvalue weighted by molar-refractivity contribution is 0.0754. The number of aromatic nitrogens is 1. The first-order valence-electron chi connectivity index (χ1n) is 9.22. The third kappa shape index (κ3) is 5.02. The molecule has 150 valence electrons. The van der Waals surface area contributed by atoms with Crippen molar-refractivity contribution in [2.24, 2.45) is 0 Å². The molecule has 1 heterocycles. The molecule has 0 fully saturated rings. The lowest BCUT2D eigenvalue weighted by Gasteiger charge is -2.21. The number of hydrogen-bond donors (Lipinski definition) is 1. The predicted octanol–water partition coefficient (Wildman–Crippen LogP) is 4.87. The Hall–Kier alpha value is -2.70. The van der Waals surface area contributed by atoms with E-state index in [2.05, 4.69) is 10.3 Å². The number of amides is 2. The monoisotopic (exact) mass is 427 g/mol. The highest BCUT2D eigenvalue weighted by atomic mass is 35.5. The van der Waals surface area contributed by atoms with Gasteiger partial charge in [-0.05, 0) is 37.6 Å². The molecule has 0 aliphatic carbocycles. The number of halogens is 1. The van der Waals surface area contributed by atoms with Gasteiger partial charge in [0.1, 0.15) is 9.88 Å². The van der Waals surface area contributed by atoms with Crippen molar-refractivity contribution in [3.63, 3.8) is 0 Å². The second-order valence-electron chi connectivity index (χ2n) is 6.90. The number of hydrogen-bond acceptors (Lipinski definition) is 4. The maximum Gasteiger partial charge on any atom is 0.263 e. The Kier molecular flexibility index (Phi) is 6.67. The van der Waals surface area contributed by atoms with Crippen molar-refractivity contribution < 1.29 is 9.59 Å². The van der Waals surface area contributed by atoms with Crippen molar-refractivity contribution >= 4 is 34.8 Å². The summed E-state index contributed by atoms with van der Waals surface area (Å²) in [5, 5.41) is 4.20. The second kappa shape index (κ2) is 9.20. The highest BCUT2D eigenvalue weighted by molar-refractivity contribution is 7.17. The standard InChI is InChI=1S/C22H22ClN3O2S/c1-14(2)26(3)22(28)16-10-8-15(9-11-16)12-24-20(27)19-13-25-21(29-19)17-6-4-5-7-18(17)23/h4-11,13-14H,12H2,1-3H3,(H,24,27). The van der Waals surface area contributed by atoms with Gasteiger partial charge in [0.15, 0.2) is 0 Å². The summed E-state index contributed by atoms with van der Waals surface area (Å²) in [4.78, 5) is 31.3. The van der Waals surface area contributed by atoms with Crippen molar-refractivity contribution in [2.75, 3.05) is 7.05 Å².